The van der Waals surface area contributed by atoms with E-state index in [1.54, 1.807) is 24.3 Å². The summed E-state index contributed by atoms with van der Waals surface area (Å²) in [6.45, 7) is 0.602. The Hall–Kier alpha value is -4.31. The number of rotatable bonds is 5. The Labute approximate surface area is 193 Å². The quantitative estimate of drug-likeness (QED) is 0.259. The van der Waals surface area contributed by atoms with Gasteiger partial charge in [0, 0.05) is 28.9 Å². The van der Waals surface area contributed by atoms with Crippen molar-refractivity contribution < 1.29 is 34.1 Å². The number of carbonyl (C=O) groups excluding carboxylic acids is 1. The number of phenolic OH excluding ortho intramolecular Hbond substituents is 2. The number of phenols is 2. The van der Waals surface area contributed by atoms with E-state index in [4.69, 9.17) is 9.47 Å². The van der Waals surface area contributed by atoms with Crippen LogP contribution in [0.2, 0.25) is 0 Å². The number of nitrogens with one attached hydrogen (secondary N) is 1. The van der Waals surface area contributed by atoms with Crippen LogP contribution in [0.3, 0.4) is 0 Å². The molecule has 3 aromatic carbocycles. The second-order valence-electron chi connectivity index (χ2n) is 7.91. The summed E-state index contributed by atoms with van der Waals surface area (Å²) in [6.07, 6.45) is 0. The number of aromatic hydroxyl groups is 2. The van der Waals surface area contributed by atoms with Gasteiger partial charge >= 0.3 is 0 Å². The van der Waals surface area contributed by atoms with E-state index in [9.17, 15) is 24.6 Å². The van der Waals surface area contributed by atoms with Gasteiger partial charge in [-0.15, -0.1) is 0 Å². The SMILES string of the molecule is O=C1/C(=N\O)c2cc(NCc3ccc(O)c(O)c3)ccc2N1Cc1cc(F)cc2c1OCOC2. The van der Waals surface area contributed by atoms with Crippen molar-refractivity contribution in [3.8, 4) is 17.2 Å². The molecule has 0 spiro atoms. The Morgan fingerprint density at radius 1 is 1.09 bits per heavy atom. The molecule has 0 unspecified atom stereocenters. The minimum atomic E-state index is -0.525. The van der Waals surface area contributed by atoms with Crippen LogP contribution in [0.25, 0.3) is 0 Å². The highest BCUT2D eigenvalue weighted by atomic mass is 19.1. The molecular weight excluding hydrogens is 445 g/mol. The highest BCUT2D eigenvalue weighted by molar-refractivity contribution is 6.54. The Morgan fingerprint density at radius 3 is 2.74 bits per heavy atom. The van der Waals surface area contributed by atoms with E-state index in [0.29, 0.717) is 40.4 Å². The average molecular weight is 465 g/mol. The van der Waals surface area contributed by atoms with Crippen molar-refractivity contribution in [2.45, 2.75) is 19.7 Å². The molecule has 0 saturated carbocycles. The number of hydrogen-bond acceptors (Lipinski definition) is 8. The van der Waals surface area contributed by atoms with E-state index in [0.717, 1.165) is 5.56 Å². The van der Waals surface area contributed by atoms with Crippen LogP contribution in [0.15, 0.2) is 53.7 Å². The highest BCUT2D eigenvalue weighted by Crippen LogP contribution is 2.36. The molecule has 0 aliphatic carbocycles. The zero-order valence-corrected chi connectivity index (χ0v) is 17.8. The van der Waals surface area contributed by atoms with Gasteiger partial charge in [0.05, 0.1) is 18.8 Å². The van der Waals surface area contributed by atoms with Gasteiger partial charge in [-0.1, -0.05) is 11.2 Å². The normalized spacial score (nSPS) is 15.7. The molecule has 0 atom stereocenters. The molecule has 174 valence electrons. The number of hydrogen-bond donors (Lipinski definition) is 4. The van der Waals surface area contributed by atoms with E-state index >= 15 is 0 Å². The van der Waals surface area contributed by atoms with Crippen molar-refractivity contribution in [2.75, 3.05) is 17.0 Å². The molecule has 9 nitrogen and oxygen atoms in total. The molecule has 3 aromatic rings. The first-order valence-electron chi connectivity index (χ1n) is 10.4. The molecule has 0 bridgehead atoms. The van der Waals surface area contributed by atoms with Gasteiger partial charge in [0.1, 0.15) is 11.6 Å². The van der Waals surface area contributed by atoms with Crippen LogP contribution in [0.4, 0.5) is 15.8 Å². The lowest BCUT2D eigenvalue weighted by Gasteiger charge is -2.24. The number of carbonyl (C=O) groups is 1. The van der Waals surface area contributed by atoms with Crippen molar-refractivity contribution in [1.29, 1.82) is 0 Å². The minimum absolute atomic E-state index is 0.0184. The van der Waals surface area contributed by atoms with E-state index in [-0.39, 0.29) is 37.2 Å². The monoisotopic (exact) mass is 465 g/mol. The molecular formula is C24H20FN3O6. The van der Waals surface area contributed by atoms with Crippen LogP contribution in [-0.2, 0) is 29.2 Å². The Kier molecular flexibility index (Phi) is 5.42. The van der Waals surface area contributed by atoms with Gasteiger partial charge in [-0.05, 0) is 48.0 Å². The number of oxime groups is 1. The lowest BCUT2D eigenvalue weighted by Crippen LogP contribution is -2.30. The second kappa shape index (κ2) is 8.56. The summed E-state index contributed by atoms with van der Waals surface area (Å²) in [7, 11) is 0. The fourth-order valence-corrected chi connectivity index (χ4v) is 4.10. The number of anilines is 2. The van der Waals surface area contributed by atoms with Crippen LogP contribution in [-0.4, -0.2) is 33.8 Å². The lowest BCUT2D eigenvalue weighted by atomic mass is 10.1. The molecule has 0 fully saturated rings. The first-order chi connectivity index (χ1) is 16.4. The van der Waals surface area contributed by atoms with Gasteiger partial charge in [-0.3, -0.25) is 4.79 Å². The van der Waals surface area contributed by atoms with Crippen molar-refractivity contribution in [2.24, 2.45) is 5.16 Å². The Morgan fingerprint density at radius 2 is 1.94 bits per heavy atom. The average Bonchev–Trinajstić information content (AvgIpc) is 3.09. The van der Waals surface area contributed by atoms with Crippen molar-refractivity contribution in [3.05, 3.63) is 76.6 Å². The predicted octanol–water partition coefficient (Wildman–Crippen LogP) is 3.44. The van der Waals surface area contributed by atoms with E-state index in [1.807, 2.05) is 0 Å². The van der Waals surface area contributed by atoms with Gasteiger partial charge in [0.15, 0.2) is 24.0 Å². The largest absolute Gasteiger partial charge is 0.504 e. The molecule has 4 N–H and O–H groups in total. The number of nitrogens with zero attached hydrogens (tertiary/aromatic N) is 2. The summed E-state index contributed by atoms with van der Waals surface area (Å²) in [5.41, 5.74) is 3.21. The maximum absolute atomic E-state index is 14.2. The molecule has 5 rings (SSSR count). The lowest BCUT2D eigenvalue weighted by molar-refractivity contribution is -0.112. The van der Waals surface area contributed by atoms with Gasteiger partial charge in [-0.25, -0.2) is 4.39 Å². The van der Waals surface area contributed by atoms with Gasteiger partial charge in [0.25, 0.3) is 5.91 Å². The third-order valence-corrected chi connectivity index (χ3v) is 5.71. The van der Waals surface area contributed by atoms with E-state index in [2.05, 4.69) is 10.5 Å². The number of fused-ring (bicyclic) bond motifs is 2. The van der Waals surface area contributed by atoms with E-state index in [1.165, 1.54) is 29.2 Å². The Balaban J connectivity index is 1.42. The minimum Gasteiger partial charge on any atom is -0.504 e. The summed E-state index contributed by atoms with van der Waals surface area (Å²) < 4.78 is 24.9. The maximum atomic E-state index is 14.2. The number of halogens is 1. The van der Waals surface area contributed by atoms with Crippen molar-refractivity contribution in [3.63, 3.8) is 0 Å². The topological polar surface area (TPSA) is 124 Å². The van der Waals surface area contributed by atoms with Gasteiger partial charge < -0.3 is 35.1 Å². The van der Waals surface area contributed by atoms with Crippen molar-refractivity contribution in [1.82, 2.24) is 0 Å². The Bertz CT molecular complexity index is 1330. The van der Waals surface area contributed by atoms with Crippen LogP contribution < -0.4 is 15.0 Å². The molecule has 0 aromatic heterocycles. The highest BCUT2D eigenvalue weighted by Gasteiger charge is 2.36. The third kappa shape index (κ3) is 3.84. The number of ether oxygens (including phenoxy) is 2. The van der Waals surface area contributed by atoms with Crippen molar-refractivity contribution >= 4 is 23.0 Å². The second-order valence-corrected chi connectivity index (χ2v) is 7.91. The third-order valence-electron chi connectivity index (χ3n) is 5.71. The van der Waals surface area contributed by atoms with Crippen LogP contribution in [0.1, 0.15) is 22.3 Å². The zero-order chi connectivity index (χ0) is 23.8. The predicted molar refractivity (Wildman–Crippen MR) is 120 cm³/mol. The van der Waals surface area contributed by atoms with Crippen LogP contribution in [0, 0.1) is 5.82 Å². The smallest absolute Gasteiger partial charge is 0.281 e. The number of benzene rings is 3. The molecule has 10 heteroatoms. The molecule has 2 aliphatic heterocycles. The molecule has 34 heavy (non-hydrogen) atoms. The summed E-state index contributed by atoms with van der Waals surface area (Å²) in [5, 5.41) is 35.0. The summed E-state index contributed by atoms with van der Waals surface area (Å²) in [4.78, 5) is 14.4. The zero-order valence-electron chi connectivity index (χ0n) is 17.8. The van der Waals surface area contributed by atoms with Gasteiger partial charge in [-0.2, -0.15) is 0 Å². The molecule has 0 radical (unpaired) electrons. The summed E-state index contributed by atoms with van der Waals surface area (Å²) >= 11 is 0. The fraction of sp³-hybridized carbons (Fsp3) is 0.167. The molecule has 2 aliphatic rings. The summed E-state index contributed by atoms with van der Waals surface area (Å²) in [6, 6.07) is 12.3. The van der Waals surface area contributed by atoms with Crippen LogP contribution >= 0.6 is 0 Å². The fourth-order valence-electron chi connectivity index (χ4n) is 4.10. The maximum Gasteiger partial charge on any atom is 0.281 e. The standard InChI is InChI=1S/C24H20FN3O6/c25-16-6-14(23-15(7-16)11-33-12-34-23)10-28-19-3-2-17(8-18(19)22(27-32)24(28)31)26-9-13-1-4-20(29)21(30)5-13/h1-8,26,29-30,32H,9-12H2/b27-22-. The first-order valence-corrected chi connectivity index (χ1v) is 10.4. The molecule has 0 saturated heterocycles. The summed E-state index contributed by atoms with van der Waals surface area (Å²) in [5.74, 6) is -0.943. The molecule has 1 amide bonds. The number of amides is 1. The first kappa shape index (κ1) is 21.5. The molecule has 2 heterocycles. The van der Waals surface area contributed by atoms with Gasteiger partial charge in [0.2, 0.25) is 0 Å². The van der Waals surface area contributed by atoms with Crippen LogP contribution in [0.5, 0.6) is 17.2 Å². The van der Waals surface area contributed by atoms with E-state index < -0.39 is 11.7 Å².